The van der Waals surface area contributed by atoms with Gasteiger partial charge in [-0.15, -0.1) is 0 Å². The molecule has 1 aromatic heterocycles. The quantitative estimate of drug-likeness (QED) is 0.784. The average Bonchev–Trinajstić information content (AvgIpc) is 2.64. The molecule has 1 aromatic carbocycles. The lowest BCUT2D eigenvalue weighted by atomic mass is 10.1. The van der Waals surface area contributed by atoms with Crippen LogP contribution in [0.1, 0.15) is 29.4 Å². The number of nitrogens with zero attached hydrogens (tertiary/aromatic N) is 2. The largest absolute Gasteiger partial charge is 0.487 e. The average molecular weight is 358 g/mol. The van der Waals surface area contributed by atoms with E-state index >= 15 is 0 Å². The van der Waals surface area contributed by atoms with Gasteiger partial charge in [0, 0.05) is 11.6 Å². The minimum absolute atomic E-state index is 0.485. The van der Waals surface area contributed by atoms with Gasteiger partial charge in [-0.25, -0.2) is 0 Å². The van der Waals surface area contributed by atoms with Crippen molar-refractivity contribution in [3.8, 4) is 5.75 Å². The molecule has 5 heteroatoms. The molecule has 0 fully saturated rings. The molecule has 2 rings (SSSR count). The van der Waals surface area contributed by atoms with Crippen molar-refractivity contribution in [3.05, 3.63) is 44.1 Å². The van der Waals surface area contributed by atoms with Crippen molar-refractivity contribution in [1.82, 2.24) is 9.78 Å². The Kier molecular flexibility index (Phi) is 4.76. The summed E-state index contributed by atoms with van der Waals surface area (Å²) in [5.41, 5.74) is 4.13. The molecular weight excluding hydrogens is 340 g/mol. The highest BCUT2D eigenvalue weighted by atomic mass is 79.9. The van der Waals surface area contributed by atoms with Crippen LogP contribution in [0, 0.1) is 20.8 Å². The van der Waals surface area contributed by atoms with Crippen LogP contribution in [0.25, 0.3) is 0 Å². The van der Waals surface area contributed by atoms with Gasteiger partial charge in [-0.1, -0.05) is 11.6 Å². The topological polar surface area (TPSA) is 27.1 Å². The number of benzene rings is 1. The Balaban J connectivity index is 2.26. The maximum Gasteiger partial charge on any atom is 0.131 e. The summed E-state index contributed by atoms with van der Waals surface area (Å²) in [7, 11) is 0. The van der Waals surface area contributed by atoms with Crippen molar-refractivity contribution < 1.29 is 4.74 Å². The molecule has 3 nitrogen and oxygen atoms in total. The molecule has 0 unspecified atom stereocenters. The Morgan fingerprint density at radius 2 is 1.85 bits per heavy atom. The zero-order valence-electron chi connectivity index (χ0n) is 12.1. The summed E-state index contributed by atoms with van der Waals surface area (Å²) in [4.78, 5) is 0. The Morgan fingerprint density at radius 3 is 2.40 bits per heavy atom. The summed E-state index contributed by atoms with van der Waals surface area (Å²) in [6.07, 6.45) is 0. The van der Waals surface area contributed by atoms with Crippen molar-refractivity contribution >= 4 is 27.5 Å². The standard InChI is InChI=1S/C15H18BrClN2O/c1-5-19-13(14(16)11(4)18-19)8-20-15-9(2)6-12(17)7-10(15)3/h6-7H,5,8H2,1-4H3. The minimum Gasteiger partial charge on any atom is -0.487 e. The number of aryl methyl sites for hydroxylation is 4. The van der Waals surface area contributed by atoms with Crippen molar-refractivity contribution in [1.29, 1.82) is 0 Å². The summed E-state index contributed by atoms with van der Waals surface area (Å²) >= 11 is 9.62. The fourth-order valence-corrected chi connectivity index (χ4v) is 3.00. The van der Waals surface area contributed by atoms with E-state index in [2.05, 4.69) is 28.0 Å². The van der Waals surface area contributed by atoms with Crippen LogP contribution in [0.2, 0.25) is 5.02 Å². The fourth-order valence-electron chi connectivity index (χ4n) is 2.27. The molecule has 1 heterocycles. The normalized spacial score (nSPS) is 10.9. The lowest BCUT2D eigenvalue weighted by molar-refractivity contribution is 0.288. The van der Waals surface area contributed by atoms with E-state index in [0.717, 1.165) is 44.3 Å². The number of aromatic nitrogens is 2. The first-order valence-electron chi connectivity index (χ1n) is 6.55. The van der Waals surface area contributed by atoms with Crippen molar-refractivity contribution in [2.75, 3.05) is 0 Å². The lowest BCUT2D eigenvalue weighted by Gasteiger charge is -2.13. The zero-order valence-corrected chi connectivity index (χ0v) is 14.5. The molecular formula is C15H18BrClN2O. The third kappa shape index (κ3) is 3.01. The molecule has 0 aliphatic heterocycles. The molecule has 0 spiro atoms. The van der Waals surface area contributed by atoms with E-state index in [0.29, 0.717) is 6.61 Å². The first-order chi connectivity index (χ1) is 9.43. The number of halogens is 2. The van der Waals surface area contributed by atoms with Crippen LogP contribution in [-0.4, -0.2) is 9.78 Å². The van der Waals surface area contributed by atoms with E-state index in [1.165, 1.54) is 0 Å². The van der Waals surface area contributed by atoms with Crippen LogP contribution in [-0.2, 0) is 13.2 Å². The van der Waals surface area contributed by atoms with Gasteiger partial charge < -0.3 is 4.74 Å². The van der Waals surface area contributed by atoms with Gasteiger partial charge in [0.05, 0.1) is 15.9 Å². The summed E-state index contributed by atoms with van der Waals surface area (Å²) < 4.78 is 8.97. The second kappa shape index (κ2) is 6.19. The van der Waals surface area contributed by atoms with Crippen LogP contribution in [0.5, 0.6) is 5.75 Å². The minimum atomic E-state index is 0.485. The summed E-state index contributed by atoms with van der Waals surface area (Å²) in [6, 6.07) is 3.84. The van der Waals surface area contributed by atoms with E-state index < -0.39 is 0 Å². The predicted molar refractivity (Wildman–Crippen MR) is 85.6 cm³/mol. The van der Waals surface area contributed by atoms with Crippen LogP contribution >= 0.6 is 27.5 Å². The van der Waals surface area contributed by atoms with Crippen molar-refractivity contribution in [3.63, 3.8) is 0 Å². The van der Waals surface area contributed by atoms with Gasteiger partial charge in [-0.3, -0.25) is 4.68 Å². The van der Waals surface area contributed by atoms with E-state index in [-0.39, 0.29) is 0 Å². The Hall–Kier alpha value is -1.00. The Labute approximate surface area is 133 Å². The highest BCUT2D eigenvalue weighted by Crippen LogP contribution is 2.29. The third-order valence-electron chi connectivity index (χ3n) is 3.23. The van der Waals surface area contributed by atoms with Crippen LogP contribution in [0.4, 0.5) is 0 Å². The lowest BCUT2D eigenvalue weighted by Crippen LogP contribution is -2.07. The smallest absolute Gasteiger partial charge is 0.131 e. The van der Waals surface area contributed by atoms with Crippen LogP contribution in [0.15, 0.2) is 16.6 Å². The van der Waals surface area contributed by atoms with Gasteiger partial charge in [0.25, 0.3) is 0 Å². The van der Waals surface area contributed by atoms with Gasteiger partial charge in [0.2, 0.25) is 0 Å². The van der Waals surface area contributed by atoms with Crippen molar-refractivity contribution in [2.45, 2.75) is 40.8 Å². The number of hydrogen-bond acceptors (Lipinski definition) is 2. The maximum atomic E-state index is 6.04. The summed E-state index contributed by atoms with van der Waals surface area (Å²) in [5.74, 6) is 0.891. The molecule has 2 aromatic rings. The van der Waals surface area contributed by atoms with E-state index in [4.69, 9.17) is 16.3 Å². The molecule has 0 saturated heterocycles. The highest BCUT2D eigenvalue weighted by molar-refractivity contribution is 9.10. The predicted octanol–water partition coefficient (Wildman–Crippen LogP) is 4.82. The Bertz CT molecular complexity index is 614. The highest BCUT2D eigenvalue weighted by Gasteiger charge is 2.14. The van der Waals surface area contributed by atoms with Gasteiger partial charge in [-0.05, 0) is 66.9 Å². The first-order valence-corrected chi connectivity index (χ1v) is 7.72. The summed E-state index contributed by atoms with van der Waals surface area (Å²) in [5, 5.41) is 5.21. The molecule has 0 saturated carbocycles. The zero-order chi connectivity index (χ0) is 14.9. The van der Waals surface area contributed by atoms with Crippen LogP contribution in [0.3, 0.4) is 0 Å². The van der Waals surface area contributed by atoms with E-state index in [1.54, 1.807) is 0 Å². The third-order valence-corrected chi connectivity index (χ3v) is 4.48. The second-order valence-corrected chi connectivity index (χ2v) is 6.05. The van der Waals surface area contributed by atoms with Gasteiger partial charge >= 0.3 is 0 Å². The Morgan fingerprint density at radius 1 is 1.25 bits per heavy atom. The monoisotopic (exact) mass is 356 g/mol. The molecule has 108 valence electrons. The van der Waals surface area contributed by atoms with Crippen molar-refractivity contribution in [2.24, 2.45) is 0 Å². The second-order valence-electron chi connectivity index (χ2n) is 4.82. The molecule has 0 aliphatic rings. The molecule has 0 aliphatic carbocycles. The molecule has 20 heavy (non-hydrogen) atoms. The number of rotatable bonds is 4. The molecule has 0 atom stereocenters. The first kappa shape index (κ1) is 15.4. The van der Waals surface area contributed by atoms with Gasteiger partial charge in [0.1, 0.15) is 12.4 Å². The van der Waals surface area contributed by atoms with E-state index in [1.807, 2.05) is 37.6 Å². The SMILES string of the molecule is CCn1nc(C)c(Br)c1COc1c(C)cc(Cl)cc1C. The van der Waals surface area contributed by atoms with E-state index in [9.17, 15) is 0 Å². The summed E-state index contributed by atoms with van der Waals surface area (Å²) in [6.45, 7) is 9.37. The molecule has 0 bridgehead atoms. The number of ether oxygens (including phenoxy) is 1. The molecule has 0 radical (unpaired) electrons. The van der Waals surface area contributed by atoms with Gasteiger partial charge in [-0.2, -0.15) is 5.10 Å². The molecule has 0 amide bonds. The fraction of sp³-hybridized carbons (Fsp3) is 0.400. The molecule has 0 N–H and O–H groups in total. The maximum absolute atomic E-state index is 6.04. The van der Waals surface area contributed by atoms with Crippen LogP contribution < -0.4 is 4.74 Å². The number of hydrogen-bond donors (Lipinski definition) is 0. The van der Waals surface area contributed by atoms with Gasteiger partial charge in [0.15, 0.2) is 0 Å².